The summed E-state index contributed by atoms with van der Waals surface area (Å²) in [6.45, 7) is 4.88. The van der Waals surface area contributed by atoms with Crippen LogP contribution in [0, 0.1) is 6.92 Å². The van der Waals surface area contributed by atoms with Crippen molar-refractivity contribution >= 4 is 33.2 Å². The standard InChI is InChI=1S/C15H19BrClN3/c1-3-4-5-14-19-13(15(17)20-14)9-18-11-7-6-10(2)12(16)8-11/h6-8,18H,3-5,9H2,1-2H3,(H,19,20). The van der Waals surface area contributed by atoms with E-state index in [0.29, 0.717) is 11.7 Å². The molecule has 2 rings (SSSR count). The summed E-state index contributed by atoms with van der Waals surface area (Å²) in [5.74, 6) is 0.971. The average molecular weight is 357 g/mol. The first kappa shape index (κ1) is 15.4. The molecule has 1 heterocycles. The molecule has 0 aliphatic heterocycles. The van der Waals surface area contributed by atoms with Crippen molar-refractivity contribution in [2.45, 2.75) is 39.7 Å². The lowest BCUT2D eigenvalue weighted by molar-refractivity contribution is 0.760. The highest BCUT2D eigenvalue weighted by Gasteiger charge is 2.08. The molecule has 0 aliphatic rings. The van der Waals surface area contributed by atoms with E-state index in [1.54, 1.807) is 0 Å². The second-order valence-electron chi connectivity index (χ2n) is 4.87. The van der Waals surface area contributed by atoms with E-state index < -0.39 is 0 Å². The van der Waals surface area contributed by atoms with Gasteiger partial charge < -0.3 is 10.3 Å². The molecular weight excluding hydrogens is 338 g/mol. The minimum Gasteiger partial charge on any atom is -0.379 e. The molecular formula is C15H19BrClN3. The number of aromatic amines is 1. The number of anilines is 1. The van der Waals surface area contributed by atoms with Gasteiger partial charge in [0.25, 0.3) is 0 Å². The number of hydrogen-bond acceptors (Lipinski definition) is 2. The molecule has 20 heavy (non-hydrogen) atoms. The molecule has 2 aromatic rings. The van der Waals surface area contributed by atoms with Crippen molar-refractivity contribution in [2.24, 2.45) is 0 Å². The minimum absolute atomic E-state index is 0.565. The van der Waals surface area contributed by atoms with Gasteiger partial charge in [-0.15, -0.1) is 0 Å². The van der Waals surface area contributed by atoms with Crippen molar-refractivity contribution in [3.05, 3.63) is 44.9 Å². The Morgan fingerprint density at radius 2 is 2.20 bits per heavy atom. The first-order valence-electron chi connectivity index (χ1n) is 6.83. The zero-order chi connectivity index (χ0) is 14.5. The molecule has 5 heteroatoms. The molecule has 0 saturated heterocycles. The Morgan fingerprint density at radius 3 is 2.90 bits per heavy atom. The Kier molecular flexibility index (Phi) is 5.49. The van der Waals surface area contributed by atoms with Gasteiger partial charge in [-0.2, -0.15) is 0 Å². The normalized spacial score (nSPS) is 10.8. The number of benzene rings is 1. The summed E-state index contributed by atoms with van der Waals surface area (Å²) >= 11 is 9.69. The molecule has 0 fully saturated rings. The van der Waals surface area contributed by atoms with Gasteiger partial charge in [-0.25, -0.2) is 4.98 Å². The molecule has 0 bridgehead atoms. The van der Waals surface area contributed by atoms with Crippen molar-refractivity contribution in [1.29, 1.82) is 0 Å². The smallest absolute Gasteiger partial charge is 0.152 e. The maximum absolute atomic E-state index is 6.15. The Balaban J connectivity index is 1.99. The Hall–Kier alpha value is -1.00. The Bertz CT molecular complexity index is 580. The highest BCUT2D eigenvalue weighted by Crippen LogP contribution is 2.22. The summed E-state index contributed by atoms with van der Waals surface area (Å²) < 4.78 is 1.10. The van der Waals surface area contributed by atoms with Crippen LogP contribution in [-0.2, 0) is 13.0 Å². The topological polar surface area (TPSA) is 40.7 Å². The molecule has 3 nitrogen and oxygen atoms in total. The fourth-order valence-corrected chi connectivity index (χ4v) is 2.51. The van der Waals surface area contributed by atoms with Crippen LogP contribution in [0.5, 0.6) is 0 Å². The van der Waals surface area contributed by atoms with Gasteiger partial charge in [0.05, 0.1) is 12.2 Å². The van der Waals surface area contributed by atoms with Crippen LogP contribution in [0.3, 0.4) is 0 Å². The summed E-state index contributed by atoms with van der Waals surface area (Å²) in [5, 5.41) is 3.92. The molecule has 108 valence electrons. The van der Waals surface area contributed by atoms with Crippen LogP contribution in [0.25, 0.3) is 0 Å². The van der Waals surface area contributed by atoms with Crippen molar-refractivity contribution in [1.82, 2.24) is 9.97 Å². The number of halogens is 2. The lowest BCUT2D eigenvalue weighted by Gasteiger charge is -2.07. The van der Waals surface area contributed by atoms with Crippen LogP contribution in [0.15, 0.2) is 22.7 Å². The van der Waals surface area contributed by atoms with Gasteiger partial charge in [0.1, 0.15) is 5.82 Å². The largest absolute Gasteiger partial charge is 0.379 e. The van der Waals surface area contributed by atoms with E-state index in [1.165, 1.54) is 5.56 Å². The van der Waals surface area contributed by atoms with Crippen molar-refractivity contribution in [2.75, 3.05) is 5.32 Å². The SMILES string of the molecule is CCCCc1nc(Cl)c(CNc2ccc(C)c(Br)c2)[nH]1. The van der Waals surface area contributed by atoms with E-state index in [1.807, 2.05) is 0 Å². The van der Waals surface area contributed by atoms with E-state index >= 15 is 0 Å². The van der Waals surface area contributed by atoms with E-state index in [-0.39, 0.29) is 0 Å². The molecule has 0 unspecified atom stereocenters. The van der Waals surface area contributed by atoms with Gasteiger partial charge in [0, 0.05) is 16.6 Å². The molecule has 0 amide bonds. The first-order valence-corrected chi connectivity index (χ1v) is 8.00. The van der Waals surface area contributed by atoms with Crippen LogP contribution in [0.2, 0.25) is 5.15 Å². The quantitative estimate of drug-likeness (QED) is 0.757. The lowest BCUT2D eigenvalue weighted by atomic mass is 10.2. The number of nitrogens with one attached hydrogen (secondary N) is 2. The predicted molar refractivity (Wildman–Crippen MR) is 88.4 cm³/mol. The molecule has 1 aromatic heterocycles. The van der Waals surface area contributed by atoms with Gasteiger partial charge in [0.15, 0.2) is 5.15 Å². The maximum atomic E-state index is 6.15. The number of imidazole rings is 1. The van der Waals surface area contributed by atoms with E-state index in [4.69, 9.17) is 11.6 Å². The number of aromatic nitrogens is 2. The third-order valence-corrected chi connectivity index (χ3v) is 4.35. The minimum atomic E-state index is 0.565. The Labute approximate surface area is 133 Å². The summed E-state index contributed by atoms with van der Waals surface area (Å²) in [5.41, 5.74) is 3.22. The molecule has 0 saturated carbocycles. The Morgan fingerprint density at radius 1 is 1.40 bits per heavy atom. The number of unbranched alkanes of at least 4 members (excludes halogenated alkanes) is 1. The maximum Gasteiger partial charge on any atom is 0.152 e. The number of hydrogen-bond donors (Lipinski definition) is 2. The van der Waals surface area contributed by atoms with Crippen molar-refractivity contribution in [3.8, 4) is 0 Å². The predicted octanol–water partition coefficient (Wildman–Crippen LogP) is 5.09. The summed E-state index contributed by atoms with van der Waals surface area (Å²) in [6, 6.07) is 6.20. The van der Waals surface area contributed by atoms with Gasteiger partial charge >= 0.3 is 0 Å². The van der Waals surface area contributed by atoms with E-state index in [2.05, 4.69) is 63.3 Å². The molecule has 0 radical (unpaired) electrons. The molecule has 0 aliphatic carbocycles. The second-order valence-corrected chi connectivity index (χ2v) is 6.09. The fourth-order valence-electron chi connectivity index (χ4n) is 1.91. The van der Waals surface area contributed by atoms with E-state index in [9.17, 15) is 0 Å². The van der Waals surface area contributed by atoms with Gasteiger partial charge in [0.2, 0.25) is 0 Å². The number of aryl methyl sites for hydroxylation is 2. The van der Waals surface area contributed by atoms with Crippen LogP contribution >= 0.6 is 27.5 Å². The van der Waals surface area contributed by atoms with Crippen LogP contribution in [0.4, 0.5) is 5.69 Å². The first-order chi connectivity index (χ1) is 9.60. The van der Waals surface area contributed by atoms with E-state index in [0.717, 1.165) is 40.9 Å². The van der Waals surface area contributed by atoms with Crippen molar-refractivity contribution < 1.29 is 0 Å². The van der Waals surface area contributed by atoms with Crippen LogP contribution in [-0.4, -0.2) is 9.97 Å². The van der Waals surface area contributed by atoms with Gasteiger partial charge in [-0.3, -0.25) is 0 Å². The molecule has 0 atom stereocenters. The number of nitrogens with zero attached hydrogens (tertiary/aromatic N) is 1. The zero-order valence-corrected chi connectivity index (χ0v) is 14.1. The van der Waals surface area contributed by atoms with Gasteiger partial charge in [-0.05, 0) is 31.0 Å². The third kappa shape index (κ3) is 4.00. The molecule has 1 aromatic carbocycles. The van der Waals surface area contributed by atoms with Crippen LogP contribution < -0.4 is 5.32 Å². The second kappa shape index (κ2) is 7.14. The molecule has 2 N–H and O–H groups in total. The monoisotopic (exact) mass is 355 g/mol. The van der Waals surface area contributed by atoms with Gasteiger partial charge in [-0.1, -0.05) is 46.9 Å². The summed E-state index contributed by atoms with van der Waals surface area (Å²) in [4.78, 5) is 7.65. The van der Waals surface area contributed by atoms with Crippen LogP contribution in [0.1, 0.15) is 36.8 Å². The number of H-pyrrole nitrogens is 1. The lowest BCUT2D eigenvalue weighted by Crippen LogP contribution is -2.00. The molecule has 0 spiro atoms. The average Bonchev–Trinajstić information content (AvgIpc) is 2.78. The summed E-state index contributed by atoms with van der Waals surface area (Å²) in [7, 11) is 0. The highest BCUT2D eigenvalue weighted by molar-refractivity contribution is 9.10. The summed E-state index contributed by atoms with van der Waals surface area (Å²) in [6.07, 6.45) is 3.23. The fraction of sp³-hybridized carbons (Fsp3) is 0.400. The zero-order valence-electron chi connectivity index (χ0n) is 11.8. The third-order valence-electron chi connectivity index (χ3n) is 3.19. The number of rotatable bonds is 6. The highest BCUT2D eigenvalue weighted by atomic mass is 79.9. The van der Waals surface area contributed by atoms with Crippen molar-refractivity contribution in [3.63, 3.8) is 0 Å².